The molecule has 15 heteroatoms. The fourth-order valence-electron chi connectivity index (χ4n) is 4.44. The Balaban J connectivity index is 1.48. The summed E-state index contributed by atoms with van der Waals surface area (Å²) in [5.41, 5.74) is -4.08. The van der Waals surface area contributed by atoms with Crippen molar-refractivity contribution in [3.05, 3.63) is 24.1 Å². The maximum atomic E-state index is 14.8. The largest absolute Gasteiger partial charge is 0.446 e. The number of hydrogen-bond donors (Lipinski definition) is 3. The first-order valence-electron chi connectivity index (χ1n) is 11.4. The Morgan fingerprint density at radius 3 is 2.89 bits per heavy atom. The lowest BCUT2D eigenvalue weighted by Gasteiger charge is -2.17. The monoisotopic (exact) mass is 561 g/mol. The molecule has 2 aliphatic rings. The highest BCUT2D eigenvalue weighted by atomic mass is 32.2. The maximum Gasteiger partial charge on any atom is 0.446 e. The first kappa shape index (κ1) is 26.2. The Kier molecular flexibility index (Phi) is 7.33. The smallest absolute Gasteiger partial charge is 0.383 e. The van der Waals surface area contributed by atoms with Crippen molar-refractivity contribution >= 4 is 44.8 Å². The molecule has 0 unspecified atom stereocenters. The number of benzene rings is 1. The Morgan fingerprint density at radius 1 is 1.38 bits per heavy atom. The number of hydrogen-bond acceptors (Lipinski definition) is 10. The van der Waals surface area contributed by atoms with E-state index in [0.29, 0.717) is 35.5 Å². The third-order valence-corrected chi connectivity index (χ3v) is 8.41. The van der Waals surface area contributed by atoms with Crippen LogP contribution < -0.4 is 10.6 Å². The third-order valence-electron chi connectivity index (χ3n) is 6.19. The van der Waals surface area contributed by atoms with Crippen LogP contribution in [0.4, 0.5) is 23.2 Å². The van der Waals surface area contributed by atoms with Crippen LogP contribution in [0.5, 0.6) is 0 Å². The summed E-state index contributed by atoms with van der Waals surface area (Å²) in [6, 6.07) is 3.60. The number of likely N-dealkylation sites (tertiary alicyclic amines) is 1. The average Bonchev–Trinajstić information content (AvgIpc) is 3.60. The van der Waals surface area contributed by atoms with Gasteiger partial charge >= 0.3 is 5.51 Å². The lowest BCUT2D eigenvalue weighted by molar-refractivity contribution is -0.126. The van der Waals surface area contributed by atoms with E-state index in [1.165, 1.54) is 0 Å². The van der Waals surface area contributed by atoms with Crippen LogP contribution in [-0.2, 0) is 9.53 Å². The molecule has 1 amide bonds. The van der Waals surface area contributed by atoms with E-state index >= 15 is 0 Å². The number of methoxy groups -OCH3 is 1. The zero-order valence-corrected chi connectivity index (χ0v) is 21.1. The van der Waals surface area contributed by atoms with Crippen molar-refractivity contribution < 1.29 is 36.7 Å². The summed E-state index contributed by atoms with van der Waals surface area (Å²) < 4.78 is 66.2. The number of aliphatic hydroxyl groups is 1. The lowest BCUT2D eigenvalue weighted by atomic mass is 10.2. The summed E-state index contributed by atoms with van der Waals surface area (Å²) in [6.07, 6.45) is -2.37. The van der Waals surface area contributed by atoms with Gasteiger partial charge in [-0.15, -0.1) is 11.3 Å². The molecule has 0 aliphatic carbocycles. The van der Waals surface area contributed by atoms with Crippen molar-refractivity contribution in [3.8, 4) is 10.7 Å². The topological polar surface area (TPSA) is 113 Å². The van der Waals surface area contributed by atoms with Gasteiger partial charge in [0.15, 0.2) is 0 Å². The second-order valence-corrected chi connectivity index (χ2v) is 10.9. The minimum Gasteiger partial charge on any atom is -0.383 e. The van der Waals surface area contributed by atoms with Crippen LogP contribution in [0.1, 0.15) is 18.4 Å². The summed E-state index contributed by atoms with van der Waals surface area (Å²) in [5, 5.41) is 19.6. The van der Waals surface area contributed by atoms with Gasteiger partial charge in [0.1, 0.15) is 18.3 Å². The van der Waals surface area contributed by atoms with E-state index < -0.39 is 35.8 Å². The van der Waals surface area contributed by atoms with E-state index in [9.17, 15) is 27.5 Å². The van der Waals surface area contributed by atoms with E-state index in [2.05, 4.69) is 20.8 Å². The molecule has 2 fully saturated rings. The molecule has 5 rings (SSSR count). The fourth-order valence-corrected chi connectivity index (χ4v) is 6.55. The van der Waals surface area contributed by atoms with Crippen molar-refractivity contribution in [2.24, 2.45) is 0 Å². The predicted octanol–water partition coefficient (Wildman–Crippen LogP) is 3.57. The van der Waals surface area contributed by atoms with Crippen LogP contribution in [0.3, 0.4) is 0 Å². The predicted molar refractivity (Wildman–Crippen MR) is 129 cm³/mol. The van der Waals surface area contributed by atoms with Crippen molar-refractivity contribution in [2.75, 3.05) is 38.7 Å². The fraction of sp³-hybridized carbons (Fsp3) is 0.500. The molecule has 0 radical (unpaired) electrons. The van der Waals surface area contributed by atoms with Gasteiger partial charge in [-0.2, -0.15) is 18.2 Å². The zero-order valence-electron chi connectivity index (χ0n) is 19.4. The number of anilines is 1. The summed E-state index contributed by atoms with van der Waals surface area (Å²) in [5.74, 6) is -0.671. The molecule has 0 bridgehead atoms. The van der Waals surface area contributed by atoms with E-state index in [-0.39, 0.29) is 46.2 Å². The van der Waals surface area contributed by atoms with Gasteiger partial charge in [-0.1, -0.05) is 17.3 Å². The first-order chi connectivity index (χ1) is 17.6. The molecule has 4 heterocycles. The molecule has 3 aromatic rings. The maximum absolute atomic E-state index is 14.8. The number of rotatable bonds is 8. The van der Waals surface area contributed by atoms with E-state index in [1.807, 2.05) is 4.90 Å². The number of nitrogens with zero attached hydrogens (tertiary/aromatic N) is 3. The SMILES string of the molecule is COCCN1C[C@H](F)[C@H](Nc2cccc3c(SC(F)(F)F)c(-c4noc([C@H]5C[C@H](O)C(=O)N5)n4)sc23)C1. The molecule has 0 spiro atoms. The highest BCUT2D eigenvalue weighted by molar-refractivity contribution is 8.00. The number of thioether (sulfide) groups is 1. The summed E-state index contributed by atoms with van der Waals surface area (Å²) in [6.45, 7) is 1.71. The van der Waals surface area contributed by atoms with Crippen LogP contribution in [0.2, 0.25) is 0 Å². The molecule has 2 aliphatic heterocycles. The number of fused-ring (bicyclic) bond motifs is 1. The number of ether oxygens (including phenoxy) is 1. The van der Waals surface area contributed by atoms with Crippen molar-refractivity contribution in [1.82, 2.24) is 20.4 Å². The van der Waals surface area contributed by atoms with Gasteiger partial charge in [-0.3, -0.25) is 9.69 Å². The molecular weight excluding hydrogens is 538 g/mol. The van der Waals surface area contributed by atoms with Crippen LogP contribution in [0, 0.1) is 0 Å². The molecule has 9 nitrogen and oxygen atoms in total. The van der Waals surface area contributed by atoms with Crippen LogP contribution in [0.25, 0.3) is 20.8 Å². The summed E-state index contributed by atoms with van der Waals surface area (Å²) in [7, 11) is 1.57. The van der Waals surface area contributed by atoms with Gasteiger partial charge < -0.3 is 25.0 Å². The zero-order chi connectivity index (χ0) is 26.3. The number of aliphatic hydroxyl groups excluding tert-OH is 1. The number of thiophene rings is 1. The highest BCUT2D eigenvalue weighted by Gasteiger charge is 2.37. The van der Waals surface area contributed by atoms with E-state index in [0.717, 1.165) is 11.3 Å². The Bertz CT molecular complexity index is 1290. The van der Waals surface area contributed by atoms with Crippen molar-refractivity contribution in [3.63, 3.8) is 0 Å². The van der Waals surface area contributed by atoms with Gasteiger partial charge in [0.2, 0.25) is 17.6 Å². The quantitative estimate of drug-likeness (QED) is 0.281. The average molecular weight is 562 g/mol. The van der Waals surface area contributed by atoms with Gasteiger partial charge in [0, 0.05) is 43.4 Å². The number of halogens is 4. The molecule has 3 N–H and O–H groups in total. The van der Waals surface area contributed by atoms with Crippen molar-refractivity contribution in [2.45, 2.75) is 41.2 Å². The number of aromatic nitrogens is 2. The molecule has 1 aromatic carbocycles. The first-order valence-corrected chi connectivity index (χ1v) is 13.0. The van der Waals surface area contributed by atoms with Gasteiger partial charge in [-0.05, 0) is 17.8 Å². The Morgan fingerprint density at radius 2 is 2.19 bits per heavy atom. The molecular formula is C22H23F4N5O4S2. The van der Waals surface area contributed by atoms with E-state index in [4.69, 9.17) is 9.26 Å². The minimum absolute atomic E-state index is 0.0122. The van der Waals surface area contributed by atoms with Crippen LogP contribution in [-0.4, -0.2) is 83.2 Å². The standard InChI is InChI=1S/C22H23F4N5O4S2/c1-34-6-5-31-8-11(23)14(9-31)27-12-4-2-3-10-16(12)36-18(17(10)37-22(24,25)26)19-29-21(35-30-19)13-7-15(32)20(33)28-13/h2-4,11,13-15,27,32H,5-9H2,1H3,(H,28,33)/t11-,13+,14+,15-/m0/s1. The van der Waals surface area contributed by atoms with Crippen LogP contribution in [0.15, 0.2) is 27.6 Å². The van der Waals surface area contributed by atoms with Gasteiger partial charge in [0.05, 0.1) is 27.9 Å². The summed E-state index contributed by atoms with van der Waals surface area (Å²) in [4.78, 5) is 17.8. The van der Waals surface area contributed by atoms with Crippen LogP contribution >= 0.6 is 23.1 Å². The van der Waals surface area contributed by atoms with Gasteiger partial charge in [0.25, 0.3) is 0 Å². The van der Waals surface area contributed by atoms with E-state index in [1.54, 1.807) is 25.3 Å². The highest BCUT2D eigenvalue weighted by Crippen LogP contribution is 2.50. The minimum atomic E-state index is -4.58. The molecule has 0 saturated carbocycles. The van der Waals surface area contributed by atoms with Crippen molar-refractivity contribution in [1.29, 1.82) is 0 Å². The molecule has 4 atom stereocenters. The number of nitrogens with one attached hydrogen (secondary N) is 2. The number of amides is 1. The normalized spacial score (nSPS) is 24.8. The Hall–Kier alpha value is -2.46. The number of alkyl halides is 4. The second kappa shape index (κ2) is 10.4. The molecule has 2 saturated heterocycles. The number of carbonyl (C=O) groups is 1. The third kappa shape index (κ3) is 5.55. The lowest BCUT2D eigenvalue weighted by Crippen LogP contribution is -2.30. The van der Waals surface area contributed by atoms with Gasteiger partial charge in [-0.25, -0.2) is 4.39 Å². The molecule has 200 valence electrons. The Labute approximate surface area is 216 Å². The second-order valence-electron chi connectivity index (χ2n) is 8.78. The summed E-state index contributed by atoms with van der Waals surface area (Å²) >= 11 is 0.757. The molecule has 2 aromatic heterocycles. The number of carbonyl (C=O) groups excluding carboxylic acids is 1. The molecule has 37 heavy (non-hydrogen) atoms.